The van der Waals surface area contributed by atoms with Crippen molar-refractivity contribution < 1.29 is 15.0 Å². The van der Waals surface area contributed by atoms with Gasteiger partial charge in [-0.3, -0.25) is 0 Å². The molecule has 0 fully saturated rings. The number of carboxylic acids is 1. The quantitative estimate of drug-likeness (QED) is 0.891. The van der Waals surface area contributed by atoms with Crippen LogP contribution in [0.1, 0.15) is 71.6 Å². The molecule has 2 atom stereocenters. The molecule has 2 N–H and O–H groups in total. The molecule has 0 saturated heterocycles. The van der Waals surface area contributed by atoms with Crippen LogP contribution in [0.3, 0.4) is 0 Å². The lowest BCUT2D eigenvalue weighted by Gasteiger charge is -2.26. The fraction of sp³-hybridized carbons (Fsp3) is 0.350. The van der Waals surface area contributed by atoms with E-state index in [1.165, 1.54) is 11.1 Å². The van der Waals surface area contributed by atoms with Crippen LogP contribution in [-0.2, 0) is 5.60 Å². The summed E-state index contributed by atoms with van der Waals surface area (Å²) in [5, 5.41) is 20.4. The van der Waals surface area contributed by atoms with Gasteiger partial charge in [0.15, 0.2) is 0 Å². The molecule has 0 heterocycles. The zero-order chi connectivity index (χ0) is 16.8. The zero-order valence-corrected chi connectivity index (χ0v) is 13.7. The Morgan fingerprint density at radius 3 is 2.39 bits per heavy atom. The summed E-state index contributed by atoms with van der Waals surface area (Å²) in [5.41, 5.74) is 3.29. The van der Waals surface area contributed by atoms with E-state index in [4.69, 9.17) is 5.11 Å². The molecule has 0 saturated carbocycles. The molecule has 2 unspecified atom stereocenters. The second-order valence-electron chi connectivity index (χ2n) is 6.85. The Kier molecular flexibility index (Phi) is 3.77. The third-order valence-electron chi connectivity index (χ3n) is 4.93. The van der Waals surface area contributed by atoms with Gasteiger partial charge in [-0.2, -0.15) is 0 Å². The molecule has 3 heteroatoms. The number of aromatic carboxylic acids is 1. The van der Waals surface area contributed by atoms with Gasteiger partial charge in [0.1, 0.15) is 5.60 Å². The summed E-state index contributed by atoms with van der Waals surface area (Å²) in [6.45, 7) is 6.40. The fourth-order valence-electron chi connectivity index (χ4n) is 3.55. The van der Waals surface area contributed by atoms with Gasteiger partial charge in [-0.05, 0) is 52.6 Å². The molecular formula is C20H22O3. The van der Waals surface area contributed by atoms with E-state index in [1.54, 1.807) is 24.3 Å². The van der Waals surface area contributed by atoms with Crippen LogP contribution in [0, 0.1) is 0 Å². The third-order valence-corrected chi connectivity index (χ3v) is 4.93. The van der Waals surface area contributed by atoms with E-state index >= 15 is 0 Å². The number of hydrogen-bond donors (Lipinski definition) is 2. The minimum absolute atomic E-state index is 0.236. The summed E-state index contributed by atoms with van der Waals surface area (Å²) in [6, 6.07) is 12.9. The molecule has 0 bridgehead atoms. The second-order valence-corrected chi connectivity index (χ2v) is 6.85. The predicted molar refractivity (Wildman–Crippen MR) is 90.0 cm³/mol. The highest BCUT2D eigenvalue weighted by Crippen LogP contribution is 2.48. The van der Waals surface area contributed by atoms with Crippen LogP contribution < -0.4 is 0 Å². The number of carbonyl (C=O) groups is 1. The molecule has 23 heavy (non-hydrogen) atoms. The molecule has 0 radical (unpaired) electrons. The SMILES string of the molecule is CC(C)c1ccc2c(c1)C(O)(c1ccc(C(=O)O)cc1)CC2C. The summed E-state index contributed by atoms with van der Waals surface area (Å²) < 4.78 is 0. The number of fused-ring (bicyclic) bond motifs is 1. The van der Waals surface area contributed by atoms with Gasteiger partial charge in [0.05, 0.1) is 5.56 Å². The molecular weight excluding hydrogens is 288 g/mol. The average Bonchev–Trinajstić information content (AvgIpc) is 2.79. The highest BCUT2D eigenvalue weighted by atomic mass is 16.4. The maximum absolute atomic E-state index is 11.4. The Morgan fingerprint density at radius 2 is 1.83 bits per heavy atom. The maximum Gasteiger partial charge on any atom is 0.335 e. The van der Waals surface area contributed by atoms with Gasteiger partial charge in [-0.1, -0.05) is 51.1 Å². The Morgan fingerprint density at radius 1 is 1.17 bits per heavy atom. The summed E-state index contributed by atoms with van der Waals surface area (Å²) in [7, 11) is 0. The van der Waals surface area contributed by atoms with Crippen molar-refractivity contribution in [1.29, 1.82) is 0 Å². The average molecular weight is 310 g/mol. The van der Waals surface area contributed by atoms with Crippen LogP contribution in [0.2, 0.25) is 0 Å². The first-order valence-corrected chi connectivity index (χ1v) is 8.03. The normalized spacial score (nSPS) is 23.1. The van der Waals surface area contributed by atoms with E-state index in [0.717, 1.165) is 11.1 Å². The zero-order valence-electron chi connectivity index (χ0n) is 13.7. The van der Waals surface area contributed by atoms with Gasteiger partial charge >= 0.3 is 5.97 Å². The van der Waals surface area contributed by atoms with Crippen LogP contribution >= 0.6 is 0 Å². The highest BCUT2D eigenvalue weighted by molar-refractivity contribution is 5.87. The summed E-state index contributed by atoms with van der Waals surface area (Å²) >= 11 is 0. The predicted octanol–water partition coefficient (Wildman–Crippen LogP) is 4.25. The summed E-state index contributed by atoms with van der Waals surface area (Å²) in [6.07, 6.45) is 0.621. The lowest BCUT2D eigenvalue weighted by atomic mass is 9.85. The minimum atomic E-state index is -1.04. The molecule has 0 aliphatic heterocycles. The number of rotatable bonds is 3. The van der Waals surface area contributed by atoms with Crippen molar-refractivity contribution in [3.8, 4) is 0 Å². The van der Waals surface area contributed by atoms with Gasteiger partial charge in [0.2, 0.25) is 0 Å². The molecule has 3 rings (SSSR count). The van der Waals surface area contributed by atoms with Crippen LogP contribution in [0.25, 0.3) is 0 Å². The first-order chi connectivity index (χ1) is 10.8. The smallest absolute Gasteiger partial charge is 0.335 e. The second kappa shape index (κ2) is 5.50. The Hall–Kier alpha value is -2.13. The number of benzene rings is 2. The molecule has 3 nitrogen and oxygen atoms in total. The molecule has 1 aliphatic carbocycles. The van der Waals surface area contributed by atoms with Crippen LogP contribution in [0.4, 0.5) is 0 Å². The largest absolute Gasteiger partial charge is 0.478 e. The van der Waals surface area contributed by atoms with Crippen molar-refractivity contribution in [3.63, 3.8) is 0 Å². The van der Waals surface area contributed by atoms with E-state index in [0.29, 0.717) is 12.3 Å². The van der Waals surface area contributed by atoms with Crippen molar-refractivity contribution in [1.82, 2.24) is 0 Å². The lowest BCUT2D eigenvalue weighted by Crippen LogP contribution is -2.24. The number of aliphatic hydroxyl groups is 1. The van der Waals surface area contributed by atoms with Gasteiger partial charge < -0.3 is 10.2 Å². The van der Waals surface area contributed by atoms with Crippen LogP contribution in [-0.4, -0.2) is 16.2 Å². The fourth-order valence-corrected chi connectivity index (χ4v) is 3.55. The van der Waals surface area contributed by atoms with Gasteiger partial charge in [0.25, 0.3) is 0 Å². The number of carboxylic acid groups (broad SMARTS) is 1. The summed E-state index contributed by atoms with van der Waals surface area (Å²) in [5.74, 6) is -0.281. The van der Waals surface area contributed by atoms with Gasteiger partial charge in [0, 0.05) is 0 Å². The Labute approximate surface area is 136 Å². The van der Waals surface area contributed by atoms with E-state index < -0.39 is 11.6 Å². The Balaban J connectivity index is 2.10. The van der Waals surface area contributed by atoms with E-state index in [1.807, 2.05) is 0 Å². The molecule has 1 aliphatic rings. The topological polar surface area (TPSA) is 57.5 Å². The molecule has 0 aromatic heterocycles. The molecule has 2 aromatic rings. The molecule has 0 spiro atoms. The summed E-state index contributed by atoms with van der Waals surface area (Å²) in [4.78, 5) is 11.0. The van der Waals surface area contributed by atoms with E-state index in [-0.39, 0.29) is 11.5 Å². The van der Waals surface area contributed by atoms with Crippen molar-refractivity contribution in [2.75, 3.05) is 0 Å². The first kappa shape index (κ1) is 15.8. The van der Waals surface area contributed by atoms with Gasteiger partial charge in [-0.25, -0.2) is 4.79 Å². The Bertz CT molecular complexity index is 746. The highest BCUT2D eigenvalue weighted by Gasteiger charge is 2.42. The van der Waals surface area contributed by atoms with Crippen molar-refractivity contribution in [2.45, 2.75) is 44.6 Å². The lowest BCUT2D eigenvalue weighted by molar-refractivity contribution is 0.0692. The van der Waals surface area contributed by atoms with Crippen molar-refractivity contribution in [3.05, 3.63) is 70.3 Å². The van der Waals surface area contributed by atoms with Crippen LogP contribution in [0.5, 0.6) is 0 Å². The number of hydrogen-bond acceptors (Lipinski definition) is 2. The van der Waals surface area contributed by atoms with Gasteiger partial charge in [-0.15, -0.1) is 0 Å². The monoisotopic (exact) mass is 310 g/mol. The third kappa shape index (κ3) is 2.55. The van der Waals surface area contributed by atoms with Crippen LogP contribution in [0.15, 0.2) is 42.5 Å². The molecule has 2 aromatic carbocycles. The molecule has 0 amide bonds. The maximum atomic E-state index is 11.4. The molecule has 120 valence electrons. The minimum Gasteiger partial charge on any atom is -0.478 e. The van der Waals surface area contributed by atoms with E-state index in [9.17, 15) is 9.90 Å². The van der Waals surface area contributed by atoms with Crippen molar-refractivity contribution in [2.24, 2.45) is 0 Å². The van der Waals surface area contributed by atoms with Crippen molar-refractivity contribution >= 4 is 5.97 Å². The first-order valence-electron chi connectivity index (χ1n) is 8.03. The van der Waals surface area contributed by atoms with E-state index in [2.05, 4.69) is 39.0 Å². The standard InChI is InChI=1S/C20H22O3/c1-12(2)15-6-9-17-13(3)11-20(23,18(17)10-15)16-7-4-14(5-8-16)19(21)22/h4-10,12-13,23H,11H2,1-3H3,(H,21,22).